The predicted molar refractivity (Wildman–Crippen MR) is 128 cm³/mol. The number of rotatable bonds is 8. The van der Waals surface area contributed by atoms with Gasteiger partial charge >= 0.3 is 0 Å². The van der Waals surface area contributed by atoms with E-state index in [4.69, 9.17) is 11.6 Å². The van der Waals surface area contributed by atoms with E-state index in [0.29, 0.717) is 13.1 Å². The Labute approximate surface area is 201 Å². The zero-order valence-electron chi connectivity index (χ0n) is 18.1. The lowest BCUT2D eigenvalue weighted by Gasteiger charge is -2.24. The largest absolute Gasteiger partial charge is 0.345 e. The number of hydrogen-bond donors (Lipinski definition) is 0. The van der Waals surface area contributed by atoms with Crippen LogP contribution in [0.15, 0.2) is 91.1 Å². The van der Waals surface area contributed by atoms with Crippen LogP contribution in [0.5, 0.6) is 0 Å². The molecule has 8 heteroatoms. The van der Waals surface area contributed by atoms with E-state index in [0.717, 1.165) is 16.8 Å². The molecule has 0 spiro atoms. The summed E-state index contributed by atoms with van der Waals surface area (Å²) in [7, 11) is 0. The summed E-state index contributed by atoms with van der Waals surface area (Å²) in [5.41, 5.74) is 2.76. The van der Waals surface area contributed by atoms with Crippen molar-refractivity contribution in [3.05, 3.63) is 134 Å². The minimum atomic E-state index is -0.551. The van der Waals surface area contributed by atoms with Crippen LogP contribution in [0.25, 0.3) is 0 Å². The summed E-state index contributed by atoms with van der Waals surface area (Å²) in [4.78, 5) is 25.7. The molecule has 0 fully saturated rings. The van der Waals surface area contributed by atoms with Crippen molar-refractivity contribution in [2.45, 2.75) is 19.6 Å². The van der Waals surface area contributed by atoms with Gasteiger partial charge in [0.2, 0.25) is 0 Å². The Balaban J connectivity index is 1.62. The van der Waals surface area contributed by atoms with Gasteiger partial charge in [0.1, 0.15) is 5.82 Å². The van der Waals surface area contributed by atoms with E-state index in [1.807, 2.05) is 53.2 Å². The molecule has 34 heavy (non-hydrogen) atoms. The van der Waals surface area contributed by atoms with Gasteiger partial charge in [-0.15, -0.1) is 0 Å². The lowest BCUT2D eigenvalue weighted by molar-refractivity contribution is -0.384. The number of hydrogen-bond acceptors (Lipinski definition) is 3. The summed E-state index contributed by atoms with van der Waals surface area (Å²) < 4.78 is 15.3. The second-order valence-corrected chi connectivity index (χ2v) is 8.23. The van der Waals surface area contributed by atoms with E-state index < -0.39 is 4.92 Å². The normalized spacial score (nSPS) is 10.8. The van der Waals surface area contributed by atoms with Crippen molar-refractivity contribution in [2.24, 2.45) is 0 Å². The molecule has 0 N–H and O–H groups in total. The highest BCUT2D eigenvalue weighted by atomic mass is 35.5. The van der Waals surface area contributed by atoms with Crippen molar-refractivity contribution >= 4 is 23.2 Å². The fourth-order valence-electron chi connectivity index (χ4n) is 3.69. The Hall–Kier alpha value is -3.97. The molecular weight excluding hydrogens is 457 g/mol. The first-order valence-electron chi connectivity index (χ1n) is 10.6. The summed E-state index contributed by atoms with van der Waals surface area (Å²) in [6.45, 7) is 1.14. The molecule has 3 aromatic carbocycles. The molecule has 4 aromatic rings. The molecule has 0 saturated carbocycles. The molecule has 0 aliphatic rings. The number of nitrogens with zero attached hydrogens (tertiary/aromatic N) is 3. The van der Waals surface area contributed by atoms with Crippen molar-refractivity contribution in [1.82, 2.24) is 9.47 Å². The average molecular weight is 478 g/mol. The van der Waals surface area contributed by atoms with E-state index in [2.05, 4.69) is 0 Å². The Morgan fingerprint density at radius 2 is 1.68 bits per heavy atom. The lowest BCUT2D eigenvalue weighted by atomic mass is 10.1. The number of halogens is 2. The van der Waals surface area contributed by atoms with Gasteiger partial charge in [-0.1, -0.05) is 54.1 Å². The molecular formula is C26H21ClFN3O3. The molecule has 0 unspecified atom stereocenters. The van der Waals surface area contributed by atoms with Crippen LogP contribution < -0.4 is 0 Å². The third-order valence-electron chi connectivity index (χ3n) is 5.44. The number of benzene rings is 3. The highest BCUT2D eigenvalue weighted by molar-refractivity contribution is 6.34. The van der Waals surface area contributed by atoms with E-state index in [9.17, 15) is 19.3 Å². The zero-order valence-corrected chi connectivity index (χ0v) is 18.9. The first-order chi connectivity index (χ1) is 16.4. The van der Waals surface area contributed by atoms with Gasteiger partial charge in [-0.05, 0) is 41.5 Å². The van der Waals surface area contributed by atoms with Crippen LogP contribution in [0.3, 0.4) is 0 Å². The first-order valence-corrected chi connectivity index (χ1v) is 10.9. The summed E-state index contributed by atoms with van der Waals surface area (Å²) >= 11 is 6.26. The monoisotopic (exact) mass is 477 g/mol. The number of carbonyl (C=O) groups is 1. The molecule has 0 radical (unpaired) electrons. The van der Waals surface area contributed by atoms with Crippen LogP contribution in [0, 0.1) is 15.9 Å². The van der Waals surface area contributed by atoms with Crippen LogP contribution in [0.1, 0.15) is 27.2 Å². The van der Waals surface area contributed by atoms with Crippen LogP contribution in [-0.2, 0) is 19.6 Å². The Morgan fingerprint density at radius 1 is 0.941 bits per heavy atom. The van der Waals surface area contributed by atoms with Crippen molar-refractivity contribution < 1.29 is 14.1 Å². The Morgan fingerprint density at radius 3 is 2.35 bits per heavy atom. The van der Waals surface area contributed by atoms with Crippen LogP contribution in [-0.4, -0.2) is 20.3 Å². The third kappa shape index (κ3) is 5.50. The summed E-state index contributed by atoms with van der Waals surface area (Å²) in [6.07, 6.45) is 1.91. The van der Waals surface area contributed by atoms with Gasteiger partial charge in [0.25, 0.3) is 11.6 Å². The second kappa shape index (κ2) is 10.3. The van der Waals surface area contributed by atoms with Crippen molar-refractivity contribution in [3.63, 3.8) is 0 Å². The van der Waals surface area contributed by atoms with Crippen LogP contribution in [0.4, 0.5) is 10.1 Å². The minimum Gasteiger partial charge on any atom is -0.345 e. The second-order valence-electron chi connectivity index (χ2n) is 7.82. The molecule has 4 rings (SSSR count). The van der Waals surface area contributed by atoms with E-state index in [-0.39, 0.29) is 34.5 Å². The molecule has 6 nitrogen and oxygen atoms in total. The Bertz CT molecular complexity index is 1310. The lowest BCUT2D eigenvalue weighted by Crippen LogP contribution is -2.31. The van der Waals surface area contributed by atoms with Crippen molar-refractivity contribution in [1.29, 1.82) is 0 Å². The van der Waals surface area contributed by atoms with Crippen LogP contribution in [0.2, 0.25) is 5.02 Å². The summed E-state index contributed by atoms with van der Waals surface area (Å²) in [5.74, 6) is -0.630. The van der Waals surface area contributed by atoms with Gasteiger partial charge in [0.15, 0.2) is 0 Å². The maximum absolute atomic E-state index is 13.5. The molecule has 1 amide bonds. The highest BCUT2D eigenvalue weighted by Gasteiger charge is 2.22. The molecule has 0 bridgehead atoms. The number of nitro groups is 1. The Kier molecular flexibility index (Phi) is 7.04. The number of aromatic nitrogens is 1. The van der Waals surface area contributed by atoms with E-state index in [1.165, 1.54) is 30.3 Å². The topological polar surface area (TPSA) is 68.4 Å². The van der Waals surface area contributed by atoms with Gasteiger partial charge in [0, 0.05) is 37.1 Å². The molecule has 0 atom stereocenters. The predicted octanol–water partition coefficient (Wildman–Crippen LogP) is 6.08. The first kappa shape index (κ1) is 23.2. The SMILES string of the molecule is O=C(c1ccc([N+](=O)[O-])cc1Cl)N(Cc1ccccc1)Cc1cccn1Cc1ccc(F)cc1. The summed E-state index contributed by atoms with van der Waals surface area (Å²) in [5, 5.41) is 11.1. The molecule has 0 saturated heterocycles. The van der Waals surface area contributed by atoms with Gasteiger partial charge < -0.3 is 9.47 Å². The quantitative estimate of drug-likeness (QED) is 0.228. The van der Waals surface area contributed by atoms with E-state index in [1.54, 1.807) is 17.0 Å². The van der Waals surface area contributed by atoms with Gasteiger partial charge in [0.05, 0.1) is 22.1 Å². The smallest absolute Gasteiger partial charge is 0.270 e. The third-order valence-corrected chi connectivity index (χ3v) is 5.75. The van der Waals surface area contributed by atoms with Crippen molar-refractivity contribution in [3.8, 4) is 0 Å². The molecule has 172 valence electrons. The molecule has 0 aliphatic heterocycles. The van der Waals surface area contributed by atoms with Crippen LogP contribution >= 0.6 is 11.6 Å². The standard InChI is InChI=1S/C26H21ClFN3O3/c27-25-15-22(31(33)34)12-13-24(25)26(32)30(17-19-5-2-1-3-6-19)18-23-7-4-14-29(23)16-20-8-10-21(28)11-9-20/h1-15H,16-18H2. The maximum Gasteiger partial charge on any atom is 0.270 e. The molecule has 1 heterocycles. The number of amides is 1. The fourth-order valence-corrected chi connectivity index (χ4v) is 3.95. The number of carbonyl (C=O) groups excluding carboxylic acids is 1. The zero-order chi connectivity index (χ0) is 24.1. The van der Waals surface area contributed by atoms with Gasteiger partial charge in [-0.25, -0.2) is 4.39 Å². The maximum atomic E-state index is 13.5. The minimum absolute atomic E-state index is 0.0268. The number of nitro benzene ring substituents is 1. The van der Waals surface area contributed by atoms with Gasteiger partial charge in [-0.2, -0.15) is 0 Å². The van der Waals surface area contributed by atoms with Gasteiger partial charge in [-0.3, -0.25) is 14.9 Å². The van der Waals surface area contributed by atoms with E-state index >= 15 is 0 Å². The summed E-state index contributed by atoms with van der Waals surface area (Å²) in [6, 6.07) is 23.5. The number of non-ortho nitro benzene ring substituents is 1. The molecule has 0 aliphatic carbocycles. The fraction of sp³-hybridized carbons (Fsp3) is 0.115. The highest BCUT2D eigenvalue weighted by Crippen LogP contribution is 2.25. The molecule has 1 aromatic heterocycles. The average Bonchev–Trinajstić information content (AvgIpc) is 3.26. The van der Waals surface area contributed by atoms with Crippen molar-refractivity contribution in [2.75, 3.05) is 0 Å².